The Morgan fingerprint density at radius 1 is 1.43 bits per heavy atom. The number of ether oxygens (including phenoxy) is 1. The topological polar surface area (TPSA) is 72.5 Å². The van der Waals surface area contributed by atoms with Crippen molar-refractivity contribution in [3.05, 3.63) is 0 Å². The summed E-state index contributed by atoms with van der Waals surface area (Å²) in [5, 5.41) is 8.34. The third kappa shape index (κ3) is 13.9. The highest BCUT2D eigenvalue weighted by atomic mass is 16.5. The van der Waals surface area contributed by atoms with E-state index in [1.165, 1.54) is 7.11 Å². The molecule has 88 valence electrons. The van der Waals surface area contributed by atoms with Crippen molar-refractivity contribution >= 4 is 5.97 Å². The largest absolute Gasteiger partial charge is 0.469 e. The van der Waals surface area contributed by atoms with Crippen molar-refractivity contribution in [2.24, 2.45) is 17.6 Å². The van der Waals surface area contributed by atoms with Crippen LogP contribution < -0.4 is 5.73 Å². The average Bonchev–Trinajstić information content (AvgIpc) is 2.16. The quantitative estimate of drug-likeness (QED) is 0.678. The van der Waals surface area contributed by atoms with Crippen LogP contribution in [0.15, 0.2) is 0 Å². The van der Waals surface area contributed by atoms with Crippen LogP contribution in [0.2, 0.25) is 0 Å². The summed E-state index contributed by atoms with van der Waals surface area (Å²) in [6.07, 6.45) is 0. The van der Waals surface area contributed by atoms with E-state index in [0.717, 1.165) is 6.54 Å². The molecule has 0 aliphatic heterocycles. The first-order valence-electron chi connectivity index (χ1n) is 4.38. The first-order chi connectivity index (χ1) is 5.99. The van der Waals surface area contributed by atoms with Crippen molar-refractivity contribution in [2.45, 2.75) is 28.2 Å². The SMILES string of the molecule is C.CC(C)CN.COC(=O)C(C)CO. The lowest BCUT2D eigenvalue weighted by molar-refractivity contribution is -0.146. The molecule has 0 aliphatic rings. The molecule has 0 aromatic heterocycles. The number of esters is 1. The number of carbonyl (C=O) groups is 1. The number of rotatable bonds is 3. The molecule has 0 heterocycles. The molecule has 14 heavy (non-hydrogen) atoms. The van der Waals surface area contributed by atoms with Crippen LogP contribution in [0.5, 0.6) is 0 Å². The minimum absolute atomic E-state index is 0. The summed E-state index contributed by atoms with van der Waals surface area (Å²) in [4.78, 5) is 10.4. The average molecular weight is 207 g/mol. The summed E-state index contributed by atoms with van der Waals surface area (Å²) >= 11 is 0. The van der Waals surface area contributed by atoms with Crippen molar-refractivity contribution in [3.63, 3.8) is 0 Å². The number of nitrogens with two attached hydrogens (primary N) is 1. The summed E-state index contributed by atoms with van der Waals surface area (Å²) in [7, 11) is 1.30. The van der Waals surface area contributed by atoms with Crippen LogP contribution in [-0.2, 0) is 9.53 Å². The third-order valence-corrected chi connectivity index (χ3v) is 1.35. The van der Waals surface area contributed by atoms with E-state index < -0.39 is 0 Å². The van der Waals surface area contributed by atoms with Gasteiger partial charge in [0.2, 0.25) is 0 Å². The summed E-state index contributed by atoms with van der Waals surface area (Å²) in [6.45, 7) is 6.46. The van der Waals surface area contributed by atoms with Gasteiger partial charge in [-0.2, -0.15) is 0 Å². The van der Waals surface area contributed by atoms with Gasteiger partial charge < -0.3 is 15.6 Å². The van der Waals surface area contributed by atoms with E-state index in [2.05, 4.69) is 18.6 Å². The fraction of sp³-hybridized carbons (Fsp3) is 0.900. The Morgan fingerprint density at radius 3 is 1.86 bits per heavy atom. The number of hydrogen-bond acceptors (Lipinski definition) is 4. The van der Waals surface area contributed by atoms with Crippen LogP contribution in [0.3, 0.4) is 0 Å². The first kappa shape index (κ1) is 19.0. The molecule has 0 radical (unpaired) electrons. The van der Waals surface area contributed by atoms with E-state index in [1.807, 2.05) is 0 Å². The van der Waals surface area contributed by atoms with Gasteiger partial charge in [0, 0.05) is 0 Å². The van der Waals surface area contributed by atoms with Gasteiger partial charge in [-0.3, -0.25) is 4.79 Å². The van der Waals surface area contributed by atoms with Crippen LogP contribution in [-0.4, -0.2) is 31.3 Å². The molecule has 0 rings (SSSR count). The molecule has 0 saturated heterocycles. The van der Waals surface area contributed by atoms with Gasteiger partial charge in [0.1, 0.15) is 0 Å². The molecular weight excluding hydrogens is 182 g/mol. The number of carbonyl (C=O) groups excluding carboxylic acids is 1. The fourth-order valence-electron chi connectivity index (χ4n) is 0.276. The molecule has 0 aromatic rings. The minimum atomic E-state index is -0.389. The minimum Gasteiger partial charge on any atom is -0.469 e. The zero-order chi connectivity index (χ0) is 10.9. The Bertz CT molecular complexity index is 127. The van der Waals surface area contributed by atoms with Gasteiger partial charge in [0.25, 0.3) is 0 Å². The van der Waals surface area contributed by atoms with Gasteiger partial charge in [-0.25, -0.2) is 0 Å². The maximum atomic E-state index is 10.4. The molecule has 0 fully saturated rings. The van der Waals surface area contributed by atoms with Gasteiger partial charge in [-0.15, -0.1) is 0 Å². The molecule has 0 spiro atoms. The van der Waals surface area contributed by atoms with Gasteiger partial charge >= 0.3 is 5.97 Å². The lowest BCUT2D eigenvalue weighted by Crippen LogP contribution is -2.15. The maximum Gasteiger partial charge on any atom is 0.310 e. The molecule has 4 nitrogen and oxygen atoms in total. The van der Waals surface area contributed by atoms with Crippen molar-refractivity contribution in [3.8, 4) is 0 Å². The Hall–Kier alpha value is -0.610. The summed E-state index contributed by atoms with van der Waals surface area (Å²) in [6, 6.07) is 0. The van der Waals surface area contributed by atoms with E-state index >= 15 is 0 Å². The maximum absolute atomic E-state index is 10.4. The number of methoxy groups -OCH3 is 1. The number of hydrogen-bond donors (Lipinski definition) is 2. The zero-order valence-corrected chi connectivity index (χ0v) is 8.91. The first-order valence-corrected chi connectivity index (χ1v) is 4.38. The molecule has 3 N–H and O–H groups in total. The fourth-order valence-corrected chi connectivity index (χ4v) is 0.276. The molecule has 0 amide bonds. The van der Waals surface area contributed by atoms with Gasteiger partial charge in [0.05, 0.1) is 19.6 Å². The van der Waals surface area contributed by atoms with Crippen molar-refractivity contribution in [1.82, 2.24) is 0 Å². The van der Waals surface area contributed by atoms with Crippen LogP contribution in [0.1, 0.15) is 28.2 Å². The molecule has 0 bridgehead atoms. The normalized spacial score (nSPS) is 10.8. The second kappa shape index (κ2) is 12.4. The zero-order valence-electron chi connectivity index (χ0n) is 8.91. The van der Waals surface area contributed by atoms with Crippen molar-refractivity contribution in [1.29, 1.82) is 0 Å². The van der Waals surface area contributed by atoms with E-state index in [0.29, 0.717) is 5.92 Å². The second-order valence-electron chi connectivity index (χ2n) is 3.24. The lowest BCUT2D eigenvalue weighted by Gasteiger charge is -2.02. The van der Waals surface area contributed by atoms with E-state index in [1.54, 1.807) is 6.92 Å². The number of aliphatic hydroxyl groups excluding tert-OH is 1. The molecule has 0 aliphatic carbocycles. The van der Waals surface area contributed by atoms with Crippen LogP contribution in [0, 0.1) is 11.8 Å². The highest BCUT2D eigenvalue weighted by Crippen LogP contribution is 1.93. The van der Waals surface area contributed by atoms with E-state index in [-0.39, 0.29) is 25.9 Å². The monoisotopic (exact) mass is 207 g/mol. The smallest absolute Gasteiger partial charge is 0.310 e. The summed E-state index contributed by atoms with van der Waals surface area (Å²) in [5.74, 6) is -0.0949. The molecule has 1 atom stereocenters. The molecule has 0 aromatic carbocycles. The highest BCUT2D eigenvalue weighted by Gasteiger charge is 2.09. The summed E-state index contributed by atoms with van der Waals surface area (Å²) in [5.41, 5.74) is 5.17. The van der Waals surface area contributed by atoms with Crippen LogP contribution >= 0.6 is 0 Å². The van der Waals surface area contributed by atoms with Crippen molar-refractivity contribution < 1.29 is 14.6 Å². The van der Waals surface area contributed by atoms with Gasteiger partial charge in [-0.1, -0.05) is 21.3 Å². The second-order valence-corrected chi connectivity index (χ2v) is 3.24. The molecule has 0 saturated carbocycles. The van der Waals surface area contributed by atoms with E-state index in [9.17, 15) is 4.79 Å². The Kier molecular flexibility index (Phi) is 16.9. The third-order valence-electron chi connectivity index (χ3n) is 1.35. The highest BCUT2D eigenvalue weighted by molar-refractivity contribution is 5.71. The number of aliphatic hydroxyl groups is 1. The van der Waals surface area contributed by atoms with E-state index in [4.69, 9.17) is 10.8 Å². The summed E-state index contributed by atoms with van der Waals surface area (Å²) < 4.78 is 4.30. The standard InChI is InChI=1S/C5H10O3.C4H11N.CH4/c1-4(3-6)5(7)8-2;1-4(2)3-5;/h4,6H,3H2,1-2H3;4H,3,5H2,1-2H3;1H4. The Balaban J connectivity index is -0.000000177. The van der Waals surface area contributed by atoms with Crippen LogP contribution in [0.4, 0.5) is 0 Å². The van der Waals surface area contributed by atoms with Crippen molar-refractivity contribution in [2.75, 3.05) is 20.3 Å². The van der Waals surface area contributed by atoms with Crippen LogP contribution in [0.25, 0.3) is 0 Å². The Labute approximate surface area is 87.4 Å². The van der Waals surface area contributed by atoms with Gasteiger partial charge in [-0.05, 0) is 19.4 Å². The van der Waals surface area contributed by atoms with Gasteiger partial charge in [0.15, 0.2) is 0 Å². The predicted octanol–water partition coefficient (Wildman–Crippen LogP) is 1.02. The molecule has 4 heteroatoms. The molecule has 1 unspecified atom stereocenters. The predicted molar refractivity (Wildman–Crippen MR) is 58.9 cm³/mol. The molecular formula is C10H25NO3. The lowest BCUT2D eigenvalue weighted by atomic mass is 10.2. The Morgan fingerprint density at radius 2 is 1.79 bits per heavy atom.